The molecule has 0 N–H and O–H groups in total. The molecule has 312 valence electrons. The van der Waals surface area contributed by atoms with E-state index >= 15 is 0 Å². The second-order valence-corrected chi connectivity index (χ2v) is 19.2. The number of rotatable bonds is 7. The maximum atomic E-state index is 6.28. The predicted molar refractivity (Wildman–Crippen MR) is 281 cm³/mol. The van der Waals surface area contributed by atoms with Crippen molar-refractivity contribution in [3.8, 4) is 55.6 Å². The first-order valence-corrected chi connectivity index (χ1v) is 23.5. The quantitative estimate of drug-likeness (QED) is 0.159. The van der Waals surface area contributed by atoms with Gasteiger partial charge in [-0.25, -0.2) is 0 Å². The highest BCUT2D eigenvalue weighted by atomic mass is 32.1. The van der Waals surface area contributed by atoms with E-state index < -0.39 is 0 Å². The smallest absolute Gasteiger partial charge is 0.136 e. The van der Waals surface area contributed by atoms with Gasteiger partial charge in [0.1, 0.15) is 11.2 Å². The van der Waals surface area contributed by atoms with Gasteiger partial charge in [-0.3, -0.25) is 0 Å². The predicted octanol–water partition coefficient (Wildman–Crippen LogP) is 18.4. The largest absolute Gasteiger partial charge is 0.456 e. The molecule has 2 nitrogen and oxygen atoms in total. The van der Waals surface area contributed by atoms with Crippen LogP contribution in [0.1, 0.15) is 25.0 Å². The van der Waals surface area contributed by atoms with Gasteiger partial charge in [0.05, 0.1) is 0 Å². The number of para-hydroxylation sites is 1. The van der Waals surface area contributed by atoms with Crippen molar-refractivity contribution in [1.82, 2.24) is 0 Å². The van der Waals surface area contributed by atoms with Crippen molar-refractivity contribution in [2.24, 2.45) is 0 Å². The normalized spacial score (nSPS) is 12.8. The van der Waals surface area contributed by atoms with Crippen LogP contribution in [0.4, 0.5) is 17.1 Å². The molecule has 0 fully saturated rings. The third-order valence-electron chi connectivity index (χ3n) is 13.9. The highest BCUT2D eigenvalue weighted by Gasteiger charge is 2.35. The van der Waals surface area contributed by atoms with Gasteiger partial charge >= 0.3 is 0 Å². The number of nitrogens with zero attached hydrogens (tertiary/aromatic N) is 1. The Bertz CT molecular complexity index is 3850. The lowest BCUT2D eigenvalue weighted by atomic mass is 9.82. The second-order valence-electron chi connectivity index (χ2n) is 18.1. The second kappa shape index (κ2) is 15.1. The molecule has 0 spiro atoms. The average molecular weight is 862 g/mol. The van der Waals surface area contributed by atoms with Gasteiger partial charge in [0, 0.05) is 53.4 Å². The molecule has 66 heavy (non-hydrogen) atoms. The number of hydrogen-bond acceptors (Lipinski definition) is 3. The number of furan rings is 1. The van der Waals surface area contributed by atoms with Gasteiger partial charge in [0.2, 0.25) is 0 Å². The third kappa shape index (κ3) is 6.23. The van der Waals surface area contributed by atoms with Crippen molar-refractivity contribution in [2.75, 3.05) is 4.90 Å². The van der Waals surface area contributed by atoms with Crippen LogP contribution in [0.25, 0.3) is 97.7 Å². The van der Waals surface area contributed by atoms with E-state index in [0.29, 0.717) is 0 Å². The highest BCUT2D eigenvalue weighted by Crippen LogP contribution is 2.50. The first-order valence-electron chi connectivity index (χ1n) is 22.7. The Kier molecular flexibility index (Phi) is 8.78. The summed E-state index contributed by atoms with van der Waals surface area (Å²) in [7, 11) is 0. The standard InChI is InChI=1S/C63H43NOS/c1-63(2)56-20-6-3-16-51(56)55-38-45(29-35-57(55)63)43-13-9-12-42(36-43)44-14-10-15-49(37-44)64(47-30-24-40(25-31-47)46-28-34-53-52-17-5-8-23-60(52)66-61(53)39-46)48-32-26-41(27-33-48)50-19-11-22-59-62(50)54-18-4-7-21-58(54)65-59/h3-39H,1-2H3. The Morgan fingerprint density at radius 1 is 0.348 bits per heavy atom. The molecule has 0 amide bonds. The molecule has 10 aromatic carbocycles. The molecule has 1 aliphatic carbocycles. The molecule has 2 aromatic heterocycles. The topological polar surface area (TPSA) is 16.4 Å². The molecule has 3 heteroatoms. The molecule has 0 atom stereocenters. The van der Waals surface area contributed by atoms with E-state index in [-0.39, 0.29) is 5.41 Å². The van der Waals surface area contributed by atoms with Gasteiger partial charge in [-0.15, -0.1) is 11.3 Å². The van der Waals surface area contributed by atoms with Gasteiger partial charge in [-0.2, -0.15) is 0 Å². The average Bonchev–Trinajstić information content (AvgIpc) is 4.02. The number of fused-ring (bicyclic) bond motifs is 9. The molecule has 2 heterocycles. The van der Waals surface area contributed by atoms with Crippen LogP contribution in [0.5, 0.6) is 0 Å². The molecule has 0 saturated heterocycles. The molecular weight excluding hydrogens is 819 g/mol. The Morgan fingerprint density at radius 3 is 1.73 bits per heavy atom. The molecule has 0 aliphatic heterocycles. The summed E-state index contributed by atoms with van der Waals surface area (Å²) in [6.07, 6.45) is 0. The lowest BCUT2D eigenvalue weighted by Crippen LogP contribution is -2.14. The molecule has 12 aromatic rings. The molecule has 0 radical (unpaired) electrons. The maximum Gasteiger partial charge on any atom is 0.136 e. The van der Waals surface area contributed by atoms with E-state index in [1.165, 1.54) is 70.2 Å². The van der Waals surface area contributed by atoms with Crippen molar-refractivity contribution in [1.29, 1.82) is 0 Å². The van der Waals surface area contributed by atoms with Crippen LogP contribution in [-0.2, 0) is 5.41 Å². The van der Waals surface area contributed by atoms with Gasteiger partial charge < -0.3 is 9.32 Å². The van der Waals surface area contributed by atoms with Crippen LogP contribution in [0.15, 0.2) is 229 Å². The van der Waals surface area contributed by atoms with Crippen molar-refractivity contribution in [3.05, 3.63) is 236 Å². The maximum absolute atomic E-state index is 6.28. The van der Waals surface area contributed by atoms with Crippen LogP contribution >= 0.6 is 11.3 Å². The zero-order valence-electron chi connectivity index (χ0n) is 36.6. The SMILES string of the molecule is CC1(C)c2ccccc2-c2cc(-c3cccc(-c4cccc(N(c5ccc(-c6ccc7c(c6)sc6ccccc67)cc5)c5ccc(-c6cccc7oc8ccccc8c67)cc5)c4)c3)ccc21. The first-order chi connectivity index (χ1) is 32.4. The molecule has 0 unspecified atom stereocenters. The molecule has 13 rings (SSSR count). The fourth-order valence-corrected chi connectivity index (χ4v) is 11.7. The van der Waals surface area contributed by atoms with Crippen LogP contribution in [0.3, 0.4) is 0 Å². The van der Waals surface area contributed by atoms with Gasteiger partial charge in [-0.1, -0.05) is 166 Å². The lowest BCUT2D eigenvalue weighted by molar-refractivity contribution is 0.660. The third-order valence-corrected chi connectivity index (χ3v) is 15.0. The monoisotopic (exact) mass is 861 g/mol. The lowest BCUT2D eigenvalue weighted by Gasteiger charge is -2.26. The minimum atomic E-state index is -0.0179. The molecule has 0 saturated carbocycles. The number of thiophene rings is 1. The van der Waals surface area contributed by atoms with Crippen molar-refractivity contribution >= 4 is 70.5 Å². The Morgan fingerprint density at radius 2 is 0.909 bits per heavy atom. The van der Waals surface area contributed by atoms with Gasteiger partial charge in [0.25, 0.3) is 0 Å². The summed E-state index contributed by atoms with van der Waals surface area (Å²) in [5.74, 6) is 0. The molecule has 1 aliphatic rings. The highest BCUT2D eigenvalue weighted by molar-refractivity contribution is 7.25. The zero-order chi connectivity index (χ0) is 43.9. The summed E-state index contributed by atoms with van der Waals surface area (Å²) >= 11 is 1.86. The Labute approximate surface area is 388 Å². The van der Waals surface area contributed by atoms with Crippen LogP contribution < -0.4 is 4.90 Å². The van der Waals surface area contributed by atoms with E-state index in [1.807, 2.05) is 23.5 Å². The van der Waals surface area contributed by atoms with E-state index in [1.54, 1.807) is 0 Å². The van der Waals surface area contributed by atoms with E-state index in [9.17, 15) is 0 Å². The van der Waals surface area contributed by atoms with Crippen molar-refractivity contribution < 1.29 is 4.42 Å². The molecular formula is C63H43NOS. The summed E-state index contributed by atoms with van der Waals surface area (Å²) < 4.78 is 8.91. The summed E-state index contributed by atoms with van der Waals surface area (Å²) in [5, 5.41) is 4.91. The summed E-state index contributed by atoms with van der Waals surface area (Å²) in [6, 6.07) is 82.2. The van der Waals surface area contributed by atoms with E-state index in [0.717, 1.165) is 55.7 Å². The minimum absolute atomic E-state index is 0.0179. The first kappa shape index (κ1) is 38.5. The van der Waals surface area contributed by atoms with Gasteiger partial charge in [0.15, 0.2) is 0 Å². The fraction of sp³-hybridized carbons (Fsp3) is 0.0476. The number of benzene rings is 10. The van der Waals surface area contributed by atoms with E-state index in [2.05, 4.69) is 231 Å². The van der Waals surface area contributed by atoms with Crippen LogP contribution in [0.2, 0.25) is 0 Å². The van der Waals surface area contributed by atoms with Gasteiger partial charge in [-0.05, 0) is 140 Å². The zero-order valence-corrected chi connectivity index (χ0v) is 37.4. The van der Waals surface area contributed by atoms with Crippen LogP contribution in [0, 0.1) is 0 Å². The summed E-state index contributed by atoms with van der Waals surface area (Å²) in [4.78, 5) is 2.38. The molecule has 0 bridgehead atoms. The van der Waals surface area contributed by atoms with E-state index in [4.69, 9.17) is 4.42 Å². The fourth-order valence-electron chi connectivity index (χ4n) is 10.6. The summed E-state index contributed by atoms with van der Waals surface area (Å²) in [5.41, 5.74) is 20.0. The van der Waals surface area contributed by atoms with Crippen molar-refractivity contribution in [2.45, 2.75) is 19.3 Å². The van der Waals surface area contributed by atoms with Crippen LogP contribution in [-0.4, -0.2) is 0 Å². The Balaban J connectivity index is 0.889. The number of hydrogen-bond donors (Lipinski definition) is 0. The Hall–Kier alpha value is -7.98. The summed E-state index contributed by atoms with van der Waals surface area (Å²) in [6.45, 7) is 4.68. The minimum Gasteiger partial charge on any atom is -0.456 e. The number of anilines is 3. The van der Waals surface area contributed by atoms with Crippen molar-refractivity contribution in [3.63, 3.8) is 0 Å².